The van der Waals surface area contributed by atoms with E-state index in [4.69, 9.17) is 27.9 Å². The number of thioether (sulfide) groups is 1. The first-order valence-electron chi connectivity index (χ1n) is 6.60. The summed E-state index contributed by atoms with van der Waals surface area (Å²) in [6.07, 6.45) is -0.573. The summed E-state index contributed by atoms with van der Waals surface area (Å²) in [4.78, 5) is 0. The van der Waals surface area contributed by atoms with Crippen molar-refractivity contribution in [2.45, 2.75) is 26.0 Å². The van der Waals surface area contributed by atoms with Gasteiger partial charge in [-0.3, -0.25) is 0 Å². The zero-order valence-electron chi connectivity index (χ0n) is 11.7. The minimum absolute atomic E-state index is 0.196. The SMILES string of the molecule is CCSCC(C)NCC(O)COc1ccc(Cl)cc1Cl. The molecule has 0 heterocycles. The van der Waals surface area contributed by atoms with E-state index in [1.165, 1.54) is 0 Å². The Kier molecular flexibility index (Phi) is 8.73. The van der Waals surface area contributed by atoms with Crippen LogP contribution in [0.5, 0.6) is 5.75 Å². The summed E-state index contributed by atoms with van der Waals surface area (Å²) in [6.45, 7) is 4.93. The maximum absolute atomic E-state index is 9.87. The second-order valence-corrected chi connectivity index (χ2v) is 6.67. The average Bonchev–Trinajstić information content (AvgIpc) is 2.41. The van der Waals surface area contributed by atoms with E-state index in [1.54, 1.807) is 18.2 Å². The molecular formula is C14H21Cl2NO2S. The van der Waals surface area contributed by atoms with Crippen LogP contribution in [0.15, 0.2) is 18.2 Å². The van der Waals surface area contributed by atoms with Crippen LogP contribution in [0.4, 0.5) is 0 Å². The Labute approximate surface area is 135 Å². The molecule has 0 saturated carbocycles. The predicted octanol–water partition coefficient (Wildman–Crippen LogP) is 3.46. The molecule has 2 N–H and O–H groups in total. The van der Waals surface area contributed by atoms with Crippen molar-refractivity contribution in [1.29, 1.82) is 0 Å². The number of aliphatic hydroxyl groups is 1. The monoisotopic (exact) mass is 337 g/mol. The second-order valence-electron chi connectivity index (χ2n) is 4.51. The largest absolute Gasteiger partial charge is 0.489 e. The van der Waals surface area contributed by atoms with Crippen LogP contribution in [0.25, 0.3) is 0 Å². The smallest absolute Gasteiger partial charge is 0.138 e. The van der Waals surface area contributed by atoms with Crippen LogP contribution in [-0.2, 0) is 0 Å². The van der Waals surface area contributed by atoms with E-state index in [0.717, 1.165) is 11.5 Å². The summed E-state index contributed by atoms with van der Waals surface area (Å²) in [5, 5.41) is 14.2. The van der Waals surface area contributed by atoms with Gasteiger partial charge in [-0.25, -0.2) is 0 Å². The highest BCUT2D eigenvalue weighted by Crippen LogP contribution is 2.27. The van der Waals surface area contributed by atoms with Crippen molar-refractivity contribution in [2.24, 2.45) is 0 Å². The van der Waals surface area contributed by atoms with Gasteiger partial charge in [-0.2, -0.15) is 11.8 Å². The van der Waals surface area contributed by atoms with Crippen molar-refractivity contribution in [3.05, 3.63) is 28.2 Å². The molecule has 0 aliphatic carbocycles. The zero-order valence-corrected chi connectivity index (χ0v) is 14.1. The fraction of sp³-hybridized carbons (Fsp3) is 0.571. The molecule has 0 radical (unpaired) electrons. The molecule has 0 fully saturated rings. The topological polar surface area (TPSA) is 41.5 Å². The van der Waals surface area contributed by atoms with Gasteiger partial charge in [0.05, 0.1) is 5.02 Å². The molecule has 0 spiro atoms. The lowest BCUT2D eigenvalue weighted by Gasteiger charge is -2.17. The number of nitrogens with one attached hydrogen (secondary N) is 1. The summed E-state index contributed by atoms with van der Waals surface area (Å²) >= 11 is 13.7. The highest BCUT2D eigenvalue weighted by atomic mass is 35.5. The van der Waals surface area contributed by atoms with Gasteiger partial charge >= 0.3 is 0 Å². The number of aliphatic hydroxyl groups excluding tert-OH is 1. The zero-order chi connectivity index (χ0) is 15.0. The maximum atomic E-state index is 9.87. The maximum Gasteiger partial charge on any atom is 0.138 e. The quantitative estimate of drug-likeness (QED) is 0.724. The summed E-state index contributed by atoms with van der Waals surface area (Å²) in [6, 6.07) is 5.39. The normalized spacial score (nSPS) is 14.1. The first-order chi connectivity index (χ1) is 9.52. The van der Waals surface area contributed by atoms with Gasteiger partial charge in [-0.1, -0.05) is 30.1 Å². The van der Waals surface area contributed by atoms with Gasteiger partial charge in [0, 0.05) is 23.4 Å². The van der Waals surface area contributed by atoms with Crippen molar-refractivity contribution in [3.63, 3.8) is 0 Å². The van der Waals surface area contributed by atoms with Crippen LogP contribution >= 0.6 is 35.0 Å². The number of halogens is 2. The lowest BCUT2D eigenvalue weighted by atomic mass is 10.3. The van der Waals surface area contributed by atoms with Crippen molar-refractivity contribution in [1.82, 2.24) is 5.32 Å². The molecule has 1 rings (SSSR count). The van der Waals surface area contributed by atoms with Crippen LogP contribution in [0.3, 0.4) is 0 Å². The van der Waals surface area contributed by atoms with E-state index in [1.807, 2.05) is 11.8 Å². The van der Waals surface area contributed by atoms with Gasteiger partial charge in [0.25, 0.3) is 0 Å². The van der Waals surface area contributed by atoms with E-state index in [-0.39, 0.29) is 6.61 Å². The number of benzene rings is 1. The molecular weight excluding hydrogens is 317 g/mol. The number of rotatable bonds is 9. The molecule has 0 amide bonds. The first-order valence-corrected chi connectivity index (χ1v) is 8.51. The van der Waals surface area contributed by atoms with E-state index >= 15 is 0 Å². The molecule has 1 aromatic rings. The molecule has 20 heavy (non-hydrogen) atoms. The summed E-state index contributed by atoms with van der Waals surface area (Å²) in [7, 11) is 0. The molecule has 2 atom stereocenters. The van der Waals surface area contributed by atoms with Gasteiger partial charge in [-0.15, -0.1) is 0 Å². The van der Waals surface area contributed by atoms with Crippen molar-refractivity contribution in [3.8, 4) is 5.75 Å². The molecule has 114 valence electrons. The summed E-state index contributed by atoms with van der Waals surface area (Å²) in [5.41, 5.74) is 0. The van der Waals surface area contributed by atoms with E-state index in [9.17, 15) is 5.11 Å². The highest BCUT2D eigenvalue weighted by Gasteiger charge is 2.09. The van der Waals surface area contributed by atoms with Crippen molar-refractivity contribution >= 4 is 35.0 Å². The second kappa shape index (κ2) is 9.74. The Morgan fingerprint density at radius 1 is 1.40 bits per heavy atom. The number of ether oxygens (including phenoxy) is 1. The number of hydrogen-bond acceptors (Lipinski definition) is 4. The van der Waals surface area contributed by atoms with Crippen LogP contribution in [0, 0.1) is 0 Å². The van der Waals surface area contributed by atoms with Gasteiger partial charge in [0.15, 0.2) is 0 Å². The molecule has 0 aromatic heterocycles. The van der Waals surface area contributed by atoms with Crippen LogP contribution < -0.4 is 10.1 Å². The molecule has 3 nitrogen and oxygen atoms in total. The van der Waals surface area contributed by atoms with Gasteiger partial charge in [0.1, 0.15) is 18.5 Å². The predicted molar refractivity (Wildman–Crippen MR) is 88.4 cm³/mol. The Morgan fingerprint density at radius 3 is 2.80 bits per heavy atom. The fourth-order valence-electron chi connectivity index (χ4n) is 1.53. The molecule has 6 heteroatoms. The van der Waals surface area contributed by atoms with Crippen molar-refractivity contribution < 1.29 is 9.84 Å². The lowest BCUT2D eigenvalue weighted by Crippen LogP contribution is -2.37. The highest BCUT2D eigenvalue weighted by molar-refractivity contribution is 7.99. The number of hydrogen-bond donors (Lipinski definition) is 2. The Hall–Kier alpha value is -0.130. The fourth-order valence-corrected chi connectivity index (χ4v) is 2.70. The Balaban J connectivity index is 2.27. The molecule has 0 aliphatic heterocycles. The summed E-state index contributed by atoms with van der Waals surface area (Å²) < 4.78 is 5.48. The van der Waals surface area contributed by atoms with Gasteiger partial charge < -0.3 is 15.2 Å². The minimum Gasteiger partial charge on any atom is -0.489 e. The third kappa shape index (κ3) is 7.04. The Bertz CT molecular complexity index is 407. The van der Waals surface area contributed by atoms with E-state index in [2.05, 4.69) is 19.2 Å². The molecule has 0 aliphatic rings. The van der Waals surface area contributed by atoms with Crippen LogP contribution in [-0.4, -0.2) is 41.9 Å². The van der Waals surface area contributed by atoms with Crippen LogP contribution in [0.1, 0.15) is 13.8 Å². The van der Waals surface area contributed by atoms with Gasteiger partial charge in [0.2, 0.25) is 0 Å². The molecule has 0 bridgehead atoms. The van der Waals surface area contributed by atoms with Gasteiger partial charge in [-0.05, 0) is 30.9 Å². The standard InChI is InChI=1S/C14H21Cl2NO2S/c1-3-20-9-10(2)17-7-12(18)8-19-14-5-4-11(15)6-13(14)16/h4-6,10,12,17-18H,3,7-9H2,1-2H3. The van der Waals surface area contributed by atoms with Crippen molar-refractivity contribution in [2.75, 3.05) is 24.7 Å². The minimum atomic E-state index is -0.573. The van der Waals surface area contributed by atoms with E-state index < -0.39 is 6.10 Å². The molecule has 0 saturated heterocycles. The van der Waals surface area contributed by atoms with E-state index in [0.29, 0.717) is 28.4 Å². The Morgan fingerprint density at radius 2 is 2.15 bits per heavy atom. The molecule has 1 aromatic carbocycles. The summed E-state index contributed by atoms with van der Waals surface area (Å²) in [5.74, 6) is 2.67. The first kappa shape index (κ1) is 17.9. The van der Waals surface area contributed by atoms with Crippen LogP contribution in [0.2, 0.25) is 10.0 Å². The molecule has 2 unspecified atom stereocenters. The third-order valence-corrected chi connectivity index (χ3v) is 4.27. The average molecular weight is 338 g/mol. The lowest BCUT2D eigenvalue weighted by molar-refractivity contribution is 0.105. The third-order valence-electron chi connectivity index (χ3n) is 2.60.